The zero-order valence-corrected chi connectivity index (χ0v) is 16.0. The number of aromatic nitrogens is 2. The molecule has 0 aromatic carbocycles. The largest absolute Gasteiger partial charge is 0.387 e. The highest BCUT2D eigenvalue weighted by molar-refractivity contribution is 8.07. The highest BCUT2D eigenvalue weighted by Gasteiger charge is 2.59. The molecule has 148 valence electrons. The van der Waals surface area contributed by atoms with Crippen molar-refractivity contribution in [1.29, 1.82) is 5.26 Å². The van der Waals surface area contributed by atoms with Crippen molar-refractivity contribution in [3.05, 3.63) is 33.1 Å². The van der Waals surface area contributed by atoms with Crippen LogP contribution < -0.4 is 11.2 Å². The van der Waals surface area contributed by atoms with E-state index in [0.717, 1.165) is 10.6 Å². The number of nitrogens with zero attached hydrogens (tertiary/aromatic N) is 2. The molecular formula is C14H18N3O8PS. The summed E-state index contributed by atoms with van der Waals surface area (Å²) in [7, 11) is 1.36. The molecule has 0 amide bonds. The van der Waals surface area contributed by atoms with Crippen molar-refractivity contribution in [2.24, 2.45) is 0 Å². The monoisotopic (exact) mass is 419 g/mol. The fourth-order valence-corrected chi connectivity index (χ4v) is 4.72. The number of aliphatic hydroxyl groups excluding tert-OH is 1. The topological polar surface area (TPSA) is 145 Å². The number of aromatic amines is 1. The molecule has 1 aromatic rings. The van der Waals surface area contributed by atoms with Gasteiger partial charge in [0.15, 0.2) is 6.23 Å². The Morgan fingerprint density at radius 2 is 2.22 bits per heavy atom. The Kier molecular flexibility index (Phi) is 5.95. The quantitative estimate of drug-likeness (QED) is 0.468. The fourth-order valence-electron chi connectivity index (χ4n) is 2.89. The van der Waals surface area contributed by atoms with E-state index in [1.165, 1.54) is 13.3 Å². The van der Waals surface area contributed by atoms with E-state index in [1.54, 1.807) is 0 Å². The second-order valence-corrected chi connectivity index (χ2v) is 8.98. The summed E-state index contributed by atoms with van der Waals surface area (Å²) in [5, 5.41) is 19.3. The molecule has 3 rings (SSSR count). The number of nitriles is 1. The van der Waals surface area contributed by atoms with Crippen molar-refractivity contribution < 1.29 is 28.2 Å². The van der Waals surface area contributed by atoms with Crippen molar-refractivity contribution in [3.8, 4) is 6.07 Å². The van der Waals surface area contributed by atoms with E-state index in [4.69, 9.17) is 40.1 Å². The average molecular weight is 419 g/mol. The van der Waals surface area contributed by atoms with Gasteiger partial charge in [0.05, 0.1) is 32.3 Å². The van der Waals surface area contributed by atoms with Gasteiger partial charge in [-0.3, -0.25) is 14.3 Å². The lowest BCUT2D eigenvalue weighted by atomic mass is 9.97. The van der Waals surface area contributed by atoms with E-state index in [0.29, 0.717) is 0 Å². The van der Waals surface area contributed by atoms with Crippen LogP contribution in [0.2, 0.25) is 0 Å². The van der Waals surface area contributed by atoms with Crippen LogP contribution in [-0.2, 0) is 34.9 Å². The van der Waals surface area contributed by atoms with Crippen LogP contribution in [0.5, 0.6) is 0 Å². The third-order valence-electron chi connectivity index (χ3n) is 4.28. The molecule has 3 atom stereocenters. The van der Waals surface area contributed by atoms with Crippen LogP contribution in [0.15, 0.2) is 21.9 Å². The number of rotatable bonds is 5. The van der Waals surface area contributed by atoms with Crippen LogP contribution in [-0.4, -0.2) is 59.4 Å². The predicted octanol–water partition coefficient (Wildman–Crippen LogP) is -0.618. The molecule has 0 radical (unpaired) electrons. The molecule has 2 N–H and O–H groups in total. The summed E-state index contributed by atoms with van der Waals surface area (Å²) in [6.45, 7) is -3.27. The summed E-state index contributed by atoms with van der Waals surface area (Å²) in [5.41, 5.74) is -2.60. The first-order chi connectivity index (χ1) is 12.8. The normalized spacial score (nSPS) is 36.0. The van der Waals surface area contributed by atoms with Gasteiger partial charge in [-0.05, 0) is 11.8 Å². The summed E-state index contributed by atoms with van der Waals surface area (Å²) in [4.78, 5) is 25.5. The molecular weight excluding hydrogens is 401 g/mol. The first-order valence-corrected chi connectivity index (χ1v) is 10.5. The molecule has 2 unspecified atom stereocenters. The smallest absolute Gasteiger partial charge is 0.330 e. The number of hydrogen-bond donors (Lipinski definition) is 2. The minimum absolute atomic E-state index is 0.0697. The van der Waals surface area contributed by atoms with E-state index >= 15 is 0 Å². The molecule has 2 aliphatic rings. The first-order valence-electron chi connectivity index (χ1n) is 7.95. The van der Waals surface area contributed by atoms with Gasteiger partial charge in [-0.15, -0.1) is 0 Å². The highest BCUT2D eigenvalue weighted by Crippen LogP contribution is 2.56. The summed E-state index contributed by atoms with van der Waals surface area (Å²) in [6, 6.07) is 3.08. The zero-order chi connectivity index (χ0) is 19.7. The van der Waals surface area contributed by atoms with E-state index in [9.17, 15) is 14.7 Å². The Labute approximate surface area is 158 Å². The van der Waals surface area contributed by atoms with E-state index in [-0.39, 0.29) is 26.2 Å². The van der Waals surface area contributed by atoms with E-state index < -0.39 is 42.0 Å². The Morgan fingerprint density at radius 1 is 1.52 bits per heavy atom. The van der Waals surface area contributed by atoms with E-state index in [2.05, 4.69) is 4.98 Å². The molecule has 11 nitrogen and oxygen atoms in total. The standard InChI is InChI=1S/C14H18N3O8PS/c1-21-10-11(19)14(7-23-26(27,24-8-14)22-6-2-4-15)25-12(10)17-5-3-9(18)16-13(17)20/h3,5,10-12,19H,2,6-8H2,1H3,(H,16,18,20)/t10?,11-,12?,14?,26?/m1/s1. The number of aliphatic hydroxyl groups is 1. The zero-order valence-electron chi connectivity index (χ0n) is 14.3. The second kappa shape index (κ2) is 7.90. The molecule has 3 heterocycles. The van der Waals surface area contributed by atoms with Gasteiger partial charge >= 0.3 is 12.4 Å². The Hall–Kier alpha value is -1.42. The Balaban J connectivity index is 1.80. The van der Waals surface area contributed by atoms with Crippen LogP contribution in [0.3, 0.4) is 0 Å². The van der Waals surface area contributed by atoms with Crippen LogP contribution >= 0.6 is 6.72 Å². The summed E-state index contributed by atoms with van der Waals surface area (Å²) < 4.78 is 28.7. The van der Waals surface area contributed by atoms with Gasteiger partial charge in [-0.1, -0.05) is 0 Å². The molecule has 1 aromatic heterocycles. The van der Waals surface area contributed by atoms with Gasteiger partial charge in [0, 0.05) is 19.4 Å². The molecule has 27 heavy (non-hydrogen) atoms. The average Bonchev–Trinajstić information content (AvgIpc) is 2.90. The van der Waals surface area contributed by atoms with Gasteiger partial charge in [0.2, 0.25) is 0 Å². The van der Waals surface area contributed by atoms with Crippen LogP contribution in [0.25, 0.3) is 0 Å². The van der Waals surface area contributed by atoms with Crippen molar-refractivity contribution in [1.82, 2.24) is 9.55 Å². The second-order valence-electron chi connectivity index (χ2n) is 5.97. The van der Waals surface area contributed by atoms with Gasteiger partial charge in [0.25, 0.3) is 5.56 Å². The van der Waals surface area contributed by atoms with Gasteiger partial charge in [-0.25, -0.2) is 4.79 Å². The lowest BCUT2D eigenvalue weighted by Crippen LogP contribution is -2.52. The Morgan fingerprint density at radius 3 is 2.81 bits per heavy atom. The number of ether oxygens (including phenoxy) is 2. The van der Waals surface area contributed by atoms with Crippen LogP contribution in [0, 0.1) is 11.3 Å². The minimum Gasteiger partial charge on any atom is -0.387 e. The van der Waals surface area contributed by atoms with Crippen molar-refractivity contribution in [2.45, 2.75) is 30.5 Å². The molecule has 0 bridgehead atoms. The maximum absolute atomic E-state index is 12.1. The van der Waals surface area contributed by atoms with E-state index in [1.807, 2.05) is 6.07 Å². The lowest BCUT2D eigenvalue weighted by Gasteiger charge is -2.39. The third kappa shape index (κ3) is 3.91. The molecule has 2 saturated heterocycles. The number of methoxy groups -OCH3 is 1. The molecule has 0 saturated carbocycles. The van der Waals surface area contributed by atoms with Gasteiger partial charge in [0.1, 0.15) is 17.8 Å². The predicted molar refractivity (Wildman–Crippen MR) is 93.4 cm³/mol. The maximum atomic E-state index is 12.1. The summed E-state index contributed by atoms with van der Waals surface area (Å²) in [5.74, 6) is 0. The maximum Gasteiger partial charge on any atom is 0.330 e. The number of hydrogen-bond acceptors (Lipinski definition) is 10. The van der Waals surface area contributed by atoms with Gasteiger partial charge in [-0.2, -0.15) is 5.26 Å². The molecule has 2 aliphatic heterocycles. The molecule has 0 aliphatic carbocycles. The molecule has 1 spiro atoms. The molecule has 13 heteroatoms. The third-order valence-corrected chi connectivity index (χ3v) is 6.62. The van der Waals surface area contributed by atoms with Crippen molar-refractivity contribution >= 4 is 18.5 Å². The lowest BCUT2D eigenvalue weighted by molar-refractivity contribution is -0.161. The SMILES string of the molecule is COC1C(n2ccc(=O)[nH]c2=O)OC2(COP(=S)(OCCC#N)OC2)[C@@H]1O. The van der Waals surface area contributed by atoms with Gasteiger partial charge < -0.3 is 28.2 Å². The van der Waals surface area contributed by atoms with Crippen molar-refractivity contribution in [2.75, 3.05) is 26.9 Å². The number of nitrogens with one attached hydrogen (secondary N) is 1. The summed E-state index contributed by atoms with van der Waals surface area (Å²) in [6.07, 6.45) is -1.75. The number of H-pyrrole nitrogens is 1. The highest BCUT2D eigenvalue weighted by atomic mass is 32.5. The van der Waals surface area contributed by atoms with Crippen molar-refractivity contribution in [3.63, 3.8) is 0 Å². The molecule has 2 fully saturated rings. The minimum atomic E-state index is -3.05. The summed E-state index contributed by atoms with van der Waals surface area (Å²) >= 11 is 5.21. The Bertz CT molecular complexity index is 883. The first kappa shape index (κ1) is 20.3. The fraction of sp³-hybridized carbons (Fsp3) is 0.643. The van der Waals surface area contributed by atoms with Crippen LogP contribution in [0.4, 0.5) is 0 Å². The van der Waals surface area contributed by atoms with Crippen LogP contribution in [0.1, 0.15) is 12.6 Å².